The van der Waals surface area contributed by atoms with Crippen molar-refractivity contribution in [3.63, 3.8) is 0 Å². The number of benzene rings is 1. The maximum atomic E-state index is 15.0. The van der Waals surface area contributed by atoms with Crippen LogP contribution < -0.4 is 21.1 Å². The van der Waals surface area contributed by atoms with Gasteiger partial charge in [0.1, 0.15) is 18.1 Å². The van der Waals surface area contributed by atoms with Gasteiger partial charge in [0, 0.05) is 54.5 Å². The molecule has 1 fully saturated rings. The van der Waals surface area contributed by atoms with Gasteiger partial charge >= 0.3 is 6.09 Å². The zero-order chi connectivity index (χ0) is 26.0. The highest BCUT2D eigenvalue weighted by molar-refractivity contribution is 5.99. The van der Waals surface area contributed by atoms with Crippen LogP contribution >= 0.6 is 0 Å². The van der Waals surface area contributed by atoms with E-state index >= 15 is 0 Å². The van der Waals surface area contributed by atoms with Crippen LogP contribution in [0.25, 0.3) is 21.9 Å². The van der Waals surface area contributed by atoms with Gasteiger partial charge in [-0.3, -0.25) is 10.1 Å². The van der Waals surface area contributed by atoms with Crippen molar-refractivity contribution >= 4 is 40.0 Å². The molecular weight excluding hydrogens is 467 g/mol. The maximum absolute atomic E-state index is 15.0. The zero-order valence-electron chi connectivity index (χ0n) is 20.4. The fourth-order valence-electron chi connectivity index (χ4n) is 4.38. The number of fused-ring (bicyclic) bond motifs is 2. The Morgan fingerprint density at radius 3 is 2.69 bits per heavy atom. The number of nitrogen functional groups attached to an aromatic ring is 1. The number of ether oxygens (including phenoxy) is 1. The molecule has 4 heterocycles. The molecule has 1 saturated heterocycles. The number of rotatable bonds is 3. The van der Waals surface area contributed by atoms with Crippen LogP contribution in [0.2, 0.25) is 0 Å². The van der Waals surface area contributed by atoms with E-state index in [9.17, 15) is 14.0 Å². The standard InChI is InChI=1S/C18H16FN5O3.C7H13NO/c1-8-11(6-23-17-16(8)21-2-3-27-17)10-4-9-5-13(24-18(25)26)22-7-12(9)15(20)14(10)19;1-6(2)8-5-3-4-7(8)9/h4-7,21H,2-3,20H2,1H3,(H,22,24)(H,25,26);6H,3-5H2,1-2H3. The summed E-state index contributed by atoms with van der Waals surface area (Å²) in [6.07, 6.45) is 3.46. The smallest absolute Gasteiger partial charge is 0.410 e. The maximum Gasteiger partial charge on any atom is 0.410 e. The lowest BCUT2D eigenvalue weighted by Gasteiger charge is -2.22. The molecule has 5 N–H and O–H groups in total. The van der Waals surface area contributed by atoms with E-state index in [4.69, 9.17) is 15.6 Å². The summed E-state index contributed by atoms with van der Waals surface area (Å²) in [7, 11) is 0. The number of aromatic nitrogens is 2. The molecule has 3 aromatic rings. The number of carbonyl (C=O) groups excluding carboxylic acids is 1. The van der Waals surface area contributed by atoms with Crippen molar-refractivity contribution < 1.29 is 23.8 Å². The van der Waals surface area contributed by atoms with Gasteiger partial charge in [-0.1, -0.05) is 0 Å². The summed E-state index contributed by atoms with van der Waals surface area (Å²) in [5.74, 6) is 0.353. The normalized spacial score (nSPS) is 14.6. The molecule has 0 aliphatic carbocycles. The second-order valence-corrected chi connectivity index (χ2v) is 8.91. The first-order valence-electron chi connectivity index (χ1n) is 11.7. The number of hydrogen-bond donors (Lipinski definition) is 4. The quantitative estimate of drug-likeness (QED) is 0.395. The van der Waals surface area contributed by atoms with E-state index in [1.807, 2.05) is 11.8 Å². The van der Waals surface area contributed by atoms with Crippen molar-refractivity contribution in [1.29, 1.82) is 0 Å². The first kappa shape index (κ1) is 25.0. The largest absolute Gasteiger partial charge is 0.474 e. The molecule has 5 rings (SSSR count). The molecule has 0 saturated carbocycles. The van der Waals surface area contributed by atoms with Crippen LogP contribution in [0.1, 0.15) is 32.3 Å². The number of likely N-dealkylation sites (tertiary alicyclic amines) is 1. The number of nitrogens with zero attached hydrogens (tertiary/aromatic N) is 3. The summed E-state index contributed by atoms with van der Waals surface area (Å²) in [6.45, 7) is 8.09. The number of anilines is 3. The molecule has 2 aromatic heterocycles. The van der Waals surface area contributed by atoms with E-state index in [0.29, 0.717) is 47.3 Å². The van der Waals surface area contributed by atoms with Gasteiger partial charge in [-0.05, 0) is 50.3 Å². The van der Waals surface area contributed by atoms with Crippen molar-refractivity contribution in [3.05, 3.63) is 35.9 Å². The number of carbonyl (C=O) groups is 2. The third-order valence-electron chi connectivity index (χ3n) is 6.20. The Labute approximate surface area is 207 Å². The van der Waals surface area contributed by atoms with Gasteiger partial charge in [-0.2, -0.15) is 0 Å². The van der Waals surface area contributed by atoms with E-state index in [2.05, 4.69) is 34.4 Å². The van der Waals surface area contributed by atoms with Crippen molar-refractivity contribution in [2.45, 2.75) is 39.7 Å². The fourth-order valence-corrected chi connectivity index (χ4v) is 4.38. The molecule has 0 bridgehead atoms. The minimum atomic E-state index is -1.24. The number of nitrogens with one attached hydrogen (secondary N) is 2. The zero-order valence-corrected chi connectivity index (χ0v) is 20.4. The Morgan fingerprint density at radius 2 is 2.06 bits per heavy atom. The molecule has 11 heteroatoms. The third-order valence-corrected chi connectivity index (χ3v) is 6.20. The molecule has 0 spiro atoms. The third kappa shape index (κ3) is 4.95. The van der Waals surface area contributed by atoms with Crippen molar-refractivity contribution in [3.8, 4) is 17.0 Å². The highest BCUT2D eigenvalue weighted by atomic mass is 19.1. The second-order valence-electron chi connectivity index (χ2n) is 8.91. The lowest BCUT2D eigenvalue weighted by molar-refractivity contribution is -0.129. The molecule has 1 aromatic carbocycles. The summed E-state index contributed by atoms with van der Waals surface area (Å²) in [4.78, 5) is 31.9. The molecule has 10 nitrogen and oxygen atoms in total. The molecule has 2 aliphatic rings. The van der Waals surface area contributed by atoms with Crippen LogP contribution in [0.15, 0.2) is 24.5 Å². The molecule has 2 aliphatic heterocycles. The molecule has 0 atom stereocenters. The summed E-state index contributed by atoms with van der Waals surface area (Å²) < 4.78 is 20.5. The number of pyridine rings is 2. The van der Waals surface area contributed by atoms with E-state index in [1.165, 1.54) is 12.3 Å². The van der Waals surface area contributed by atoms with Gasteiger partial charge in [0.2, 0.25) is 11.8 Å². The van der Waals surface area contributed by atoms with E-state index in [-0.39, 0.29) is 17.1 Å². The first-order valence-corrected chi connectivity index (χ1v) is 11.7. The number of nitrogens with two attached hydrogens (primary N) is 1. The fraction of sp³-hybridized carbons (Fsp3) is 0.360. The van der Waals surface area contributed by atoms with Crippen molar-refractivity contribution in [2.75, 3.05) is 36.1 Å². The van der Waals surface area contributed by atoms with E-state index in [0.717, 1.165) is 30.6 Å². The van der Waals surface area contributed by atoms with Crippen molar-refractivity contribution in [2.24, 2.45) is 0 Å². The lowest BCUT2D eigenvalue weighted by atomic mass is 9.97. The number of hydrogen-bond acceptors (Lipinski definition) is 7. The van der Waals surface area contributed by atoms with Crippen LogP contribution in [-0.2, 0) is 4.79 Å². The predicted molar refractivity (Wildman–Crippen MR) is 136 cm³/mol. The van der Waals surface area contributed by atoms with Crippen LogP contribution in [0.3, 0.4) is 0 Å². The highest BCUT2D eigenvalue weighted by Crippen LogP contribution is 2.39. The highest BCUT2D eigenvalue weighted by Gasteiger charge is 2.22. The van der Waals surface area contributed by atoms with Gasteiger partial charge in [0.15, 0.2) is 5.82 Å². The Hall–Kier alpha value is -4.15. The predicted octanol–water partition coefficient (Wildman–Crippen LogP) is 4.24. The van der Waals surface area contributed by atoms with E-state index in [1.54, 1.807) is 12.3 Å². The molecule has 0 radical (unpaired) electrons. The number of amides is 2. The average Bonchev–Trinajstić information content (AvgIpc) is 3.28. The number of carboxylic acid groups (broad SMARTS) is 1. The van der Waals surface area contributed by atoms with Gasteiger partial charge < -0.3 is 25.8 Å². The molecule has 190 valence electrons. The minimum Gasteiger partial charge on any atom is -0.474 e. The SMILES string of the molecule is CC(C)N1CCCC1=O.Cc1c(-c2cc3cc(NC(=O)O)ncc3c(N)c2F)cnc2c1NCCO2. The lowest BCUT2D eigenvalue weighted by Crippen LogP contribution is -2.31. The van der Waals surface area contributed by atoms with Gasteiger partial charge in [0.05, 0.1) is 5.69 Å². The van der Waals surface area contributed by atoms with Crippen LogP contribution in [-0.4, -0.2) is 57.7 Å². The van der Waals surface area contributed by atoms with Crippen LogP contribution in [0.5, 0.6) is 5.88 Å². The summed E-state index contributed by atoms with van der Waals surface area (Å²) >= 11 is 0. The van der Waals surface area contributed by atoms with E-state index < -0.39 is 11.9 Å². The summed E-state index contributed by atoms with van der Waals surface area (Å²) in [6, 6.07) is 3.51. The van der Waals surface area contributed by atoms with Gasteiger partial charge in [-0.15, -0.1) is 0 Å². The van der Waals surface area contributed by atoms with Crippen molar-refractivity contribution in [1.82, 2.24) is 14.9 Å². The Morgan fingerprint density at radius 1 is 1.28 bits per heavy atom. The monoisotopic (exact) mass is 496 g/mol. The minimum absolute atomic E-state index is 0.0572. The van der Waals surface area contributed by atoms with Gasteiger partial charge in [-0.25, -0.2) is 19.2 Å². The Bertz CT molecular complexity index is 1330. The van der Waals surface area contributed by atoms with Crippen LogP contribution in [0.4, 0.5) is 26.4 Å². The average molecular weight is 497 g/mol. The molecule has 2 amide bonds. The Kier molecular flexibility index (Phi) is 7.09. The number of halogens is 1. The molecular formula is C25H29FN6O4. The molecule has 0 unspecified atom stereocenters. The van der Waals surface area contributed by atoms with Crippen LogP contribution in [0, 0.1) is 12.7 Å². The Balaban J connectivity index is 0.000000286. The topological polar surface area (TPSA) is 143 Å². The van der Waals surface area contributed by atoms with Gasteiger partial charge in [0.25, 0.3) is 0 Å². The second kappa shape index (κ2) is 10.2. The first-order chi connectivity index (χ1) is 17.2. The molecule has 36 heavy (non-hydrogen) atoms. The summed E-state index contributed by atoms with van der Waals surface area (Å²) in [5, 5.41) is 15.2. The summed E-state index contributed by atoms with van der Waals surface area (Å²) in [5.41, 5.74) is 8.28.